The Kier molecular flexibility index (Phi) is 4.59. The molecule has 0 aliphatic heterocycles. The quantitative estimate of drug-likeness (QED) is 0.815. The molecular formula is C13H17BrN2OS. The zero-order valence-electron chi connectivity index (χ0n) is 10.4. The van der Waals surface area contributed by atoms with E-state index in [0.29, 0.717) is 17.6 Å². The third-order valence-electron chi connectivity index (χ3n) is 3.06. The van der Waals surface area contributed by atoms with Crippen molar-refractivity contribution in [2.45, 2.75) is 18.9 Å². The molecule has 5 heteroatoms. The lowest BCUT2D eigenvalue weighted by Crippen LogP contribution is -2.31. The Labute approximate surface area is 121 Å². The van der Waals surface area contributed by atoms with Crippen molar-refractivity contribution in [2.24, 2.45) is 5.73 Å². The third kappa shape index (κ3) is 3.22. The molecule has 0 unspecified atom stereocenters. The molecule has 1 fully saturated rings. The summed E-state index contributed by atoms with van der Waals surface area (Å²) in [7, 11) is 1.72. The van der Waals surface area contributed by atoms with Crippen LogP contribution in [0.25, 0.3) is 0 Å². The lowest BCUT2D eigenvalue weighted by molar-refractivity contribution is 0.205. The zero-order valence-corrected chi connectivity index (χ0v) is 12.8. The van der Waals surface area contributed by atoms with Gasteiger partial charge in [0.25, 0.3) is 0 Å². The molecule has 2 rings (SSSR count). The minimum atomic E-state index is 0.439. The highest BCUT2D eigenvalue weighted by Crippen LogP contribution is 2.34. The van der Waals surface area contributed by atoms with Crippen LogP contribution in [0, 0.1) is 0 Å². The minimum absolute atomic E-state index is 0.439. The second-order valence-electron chi connectivity index (χ2n) is 4.44. The van der Waals surface area contributed by atoms with Gasteiger partial charge in [-0.2, -0.15) is 0 Å². The molecule has 0 aromatic heterocycles. The van der Waals surface area contributed by atoms with Crippen LogP contribution in [0.5, 0.6) is 0 Å². The maximum atomic E-state index is 5.82. The number of ether oxygens (including phenoxy) is 1. The zero-order chi connectivity index (χ0) is 13.1. The van der Waals surface area contributed by atoms with Gasteiger partial charge < -0.3 is 15.4 Å². The Hall–Kier alpha value is -0.650. The summed E-state index contributed by atoms with van der Waals surface area (Å²) in [5.41, 5.74) is 7.87. The van der Waals surface area contributed by atoms with Crippen LogP contribution in [0.1, 0.15) is 18.4 Å². The van der Waals surface area contributed by atoms with Gasteiger partial charge in [-0.15, -0.1) is 0 Å². The summed E-state index contributed by atoms with van der Waals surface area (Å²) in [4.78, 5) is 2.79. The van der Waals surface area contributed by atoms with E-state index >= 15 is 0 Å². The minimum Gasteiger partial charge on any atom is -0.389 e. The van der Waals surface area contributed by atoms with Crippen LogP contribution in [0.2, 0.25) is 0 Å². The van der Waals surface area contributed by atoms with Gasteiger partial charge in [0.1, 0.15) is 4.99 Å². The highest BCUT2D eigenvalue weighted by molar-refractivity contribution is 9.10. The van der Waals surface area contributed by atoms with Crippen molar-refractivity contribution in [2.75, 3.05) is 25.2 Å². The molecule has 18 heavy (non-hydrogen) atoms. The van der Waals surface area contributed by atoms with Crippen molar-refractivity contribution in [3.05, 3.63) is 28.2 Å². The number of hydrogen-bond acceptors (Lipinski definition) is 3. The number of nitrogens with zero attached hydrogens (tertiary/aromatic N) is 1. The van der Waals surface area contributed by atoms with Crippen molar-refractivity contribution < 1.29 is 4.74 Å². The summed E-state index contributed by atoms with van der Waals surface area (Å²) in [6.45, 7) is 1.59. The van der Waals surface area contributed by atoms with E-state index in [1.165, 1.54) is 12.8 Å². The average molecular weight is 329 g/mol. The number of hydrogen-bond donors (Lipinski definition) is 1. The summed E-state index contributed by atoms with van der Waals surface area (Å²) in [5, 5.41) is 0. The predicted molar refractivity (Wildman–Crippen MR) is 82.3 cm³/mol. The van der Waals surface area contributed by atoms with Gasteiger partial charge in [0, 0.05) is 35.4 Å². The molecule has 0 saturated heterocycles. The van der Waals surface area contributed by atoms with Gasteiger partial charge in [0.2, 0.25) is 0 Å². The highest BCUT2D eigenvalue weighted by Gasteiger charge is 2.30. The van der Waals surface area contributed by atoms with Crippen LogP contribution < -0.4 is 10.6 Å². The Balaban J connectivity index is 2.30. The van der Waals surface area contributed by atoms with Crippen LogP contribution >= 0.6 is 28.1 Å². The van der Waals surface area contributed by atoms with Crippen molar-refractivity contribution in [3.8, 4) is 0 Å². The van der Waals surface area contributed by atoms with Crippen LogP contribution in [-0.2, 0) is 4.74 Å². The summed E-state index contributed by atoms with van der Waals surface area (Å²) in [6, 6.07) is 6.69. The monoisotopic (exact) mass is 328 g/mol. The molecule has 1 aromatic carbocycles. The Morgan fingerprint density at radius 1 is 1.56 bits per heavy atom. The first-order valence-electron chi connectivity index (χ1n) is 5.98. The van der Waals surface area contributed by atoms with E-state index < -0.39 is 0 Å². The molecule has 0 heterocycles. The van der Waals surface area contributed by atoms with Gasteiger partial charge in [0.15, 0.2) is 0 Å². The van der Waals surface area contributed by atoms with E-state index in [1.807, 2.05) is 12.1 Å². The molecule has 0 spiro atoms. The van der Waals surface area contributed by atoms with E-state index in [9.17, 15) is 0 Å². The average Bonchev–Trinajstić information content (AvgIpc) is 3.15. The smallest absolute Gasteiger partial charge is 0.106 e. The molecule has 0 bridgehead atoms. The summed E-state index contributed by atoms with van der Waals surface area (Å²) < 4.78 is 6.18. The molecule has 0 radical (unpaired) electrons. The normalized spacial score (nSPS) is 14.6. The second-order valence-corrected chi connectivity index (χ2v) is 5.80. The molecule has 3 nitrogen and oxygen atoms in total. The topological polar surface area (TPSA) is 38.5 Å². The fourth-order valence-electron chi connectivity index (χ4n) is 2.03. The molecular weight excluding hydrogens is 312 g/mol. The van der Waals surface area contributed by atoms with Gasteiger partial charge in [-0.25, -0.2) is 0 Å². The first-order chi connectivity index (χ1) is 8.63. The van der Waals surface area contributed by atoms with Gasteiger partial charge in [-0.05, 0) is 31.0 Å². The molecule has 98 valence electrons. The Morgan fingerprint density at radius 2 is 2.28 bits per heavy atom. The molecule has 1 aromatic rings. The van der Waals surface area contributed by atoms with E-state index in [2.05, 4.69) is 26.9 Å². The molecule has 1 aliphatic carbocycles. The molecule has 1 saturated carbocycles. The standard InChI is InChI=1S/C13H17BrN2OS/c1-17-7-6-16(10-3-4-10)12-5-2-9(14)8-11(12)13(15)18/h2,5,8,10H,3-4,6-7H2,1H3,(H2,15,18). The first kappa shape index (κ1) is 13.8. The fourth-order valence-corrected chi connectivity index (χ4v) is 2.56. The molecule has 0 amide bonds. The summed E-state index contributed by atoms with van der Waals surface area (Å²) >= 11 is 8.61. The lowest BCUT2D eigenvalue weighted by atomic mass is 10.1. The van der Waals surface area contributed by atoms with E-state index in [1.54, 1.807) is 7.11 Å². The van der Waals surface area contributed by atoms with Crippen molar-refractivity contribution >= 4 is 38.8 Å². The SMILES string of the molecule is COCCN(c1ccc(Br)cc1C(N)=S)C1CC1. The Morgan fingerprint density at radius 3 is 2.83 bits per heavy atom. The van der Waals surface area contributed by atoms with Crippen LogP contribution in [0.4, 0.5) is 5.69 Å². The first-order valence-corrected chi connectivity index (χ1v) is 7.18. The second kappa shape index (κ2) is 5.99. The molecule has 0 atom stereocenters. The maximum Gasteiger partial charge on any atom is 0.106 e. The fraction of sp³-hybridized carbons (Fsp3) is 0.462. The van der Waals surface area contributed by atoms with E-state index in [4.69, 9.17) is 22.7 Å². The number of halogens is 1. The van der Waals surface area contributed by atoms with E-state index in [-0.39, 0.29) is 0 Å². The van der Waals surface area contributed by atoms with E-state index in [0.717, 1.165) is 22.3 Å². The van der Waals surface area contributed by atoms with Gasteiger partial charge in [-0.3, -0.25) is 0 Å². The molecule has 1 aliphatic rings. The highest BCUT2D eigenvalue weighted by atomic mass is 79.9. The van der Waals surface area contributed by atoms with Crippen molar-refractivity contribution in [1.29, 1.82) is 0 Å². The molecule has 2 N–H and O–H groups in total. The van der Waals surface area contributed by atoms with Crippen molar-refractivity contribution in [3.63, 3.8) is 0 Å². The number of rotatable bonds is 6. The van der Waals surface area contributed by atoms with Crippen LogP contribution in [0.3, 0.4) is 0 Å². The van der Waals surface area contributed by atoms with Gasteiger partial charge >= 0.3 is 0 Å². The van der Waals surface area contributed by atoms with Gasteiger partial charge in [-0.1, -0.05) is 28.1 Å². The number of nitrogens with two attached hydrogens (primary N) is 1. The predicted octanol–water partition coefficient (Wildman–Crippen LogP) is 2.70. The number of benzene rings is 1. The number of thiocarbonyl (C=S) groups is 1. The largest absolute Gasteiger partial charge is 0.389 e. The maximum absolute atomic E-state index is 5.82. The van der Waals surface area contributed by atoms with Crippen LogP contribution in [0.15, 0.2) is 22.7 Å². The van der Waals surface area contributed by atoms with Crippen molar-refractivity contribution in [1.82, 2.24) is 0 Å². The number of methoxy groups -OCH3 is 1. The summed E-state index contributed by atoms with van der Waals surface area (Å²) in [5.74, 6) is 0. The summed E-state index contributed by atoms with van der Waals surface area (Å²) in [6.07, 6.45) is 2.47. The van der Waals surface area contributed by atoms with Crippen LogP contribution in [-0.4, -0.2) is 31.3 Å². The lowest BCUT2D eigenvalue weighted by Gasteiger charge is -2.26. The number of anilines is 1. The Bertz CT molecular complexity index is 449. The third-order valence-corrected chi connectivity index (χ3v) is 3.77. The van der Waals surface area contributed by atoms with Gasteiger partial charge in [0.05, 0.1) is 6.61 Å².